The minimum atomic E-state index is -0.591. The fourth-order valence-electron chi connectivity index (χ4n) is 1.48. The Morgan fingerprint density at radius 2 is 2.28 bits per heavy atom. The fourth-order valence-corrected chi connectivity index (χ4v) is 1.48. The molecule has 100 valence electrons. The van der Waals surface area contributed by atoms with E-state index < -0.39 is 11.7 Å². The van der Waals surface area contributed by atoms with E-state index in [4.69, 9.17) is 10.5 Å². The van der Waals surface area contributed by atoms with Crippen molar-refractivity contribution < 1.29 is 13.9 Å². The van der Waals surface area contributed by atoms with Crippen LogP contribution in [0.25, 0.3) is 0 Å². The van der Waals surface area contributed by atoms with Gasteiger partial charge in [0.25, 0.3) is 5.91 Å². The molecule has 0 spiro atoms. The van der Waals surface area contributed by atoms with Gasteiger partial charge in [-0.05, 0) is 25.0 Å². The smallest absolute Gasteiger partial charge is 0.254 e. The number of ether oxygens (including phenoxy) is 1. The normalized spacial score (nSPS) is 12.0. The van der Waals surface area contributed by atoms with Crippen molar-refractivity contribution in [3.8, 4) is 5.75 Å². The Balaban J connectivity index is 2.56. The van der Waals surface area contributed by atoms with E-state index in [-0.39, 0.29) is 11.6 Å². The topological polar surface area (TPSA) is 64.3 Å². The predicted octanol–water partition coefficient (Wildman–Crippen LogP) is 1.69. The summed E-state index contributed by atoms with van der Waals surface area (Å²) in [5.74, 6) is -0.637. The number of benzene rings is 1. The molecule has 3 N–H and O–H groups in total. The zero-order valence-corrected chi connectivity index (χ0v) is 10.7. The Morgan fingerprint density at radius 1 is 1.56 bits per heavy atom. The minimum Gasteiger partial charge on any atom is -0.497 e. The molecule has 1 atom stereocenters. The highest BCUT2D eigenvalue weighted by Crippen LogP contribution is 2.16. The molecule has 1 aromatic rings. The molecule has 0 saturated heterocycles. The van der Waals surface area contributed by atoms with Gasteiger partial charge in [0.2, 0.25) is 0 Å². The van der Waals surface area contributed by atoms with E-state index in [1.807, 2.05) is 6.92 Å². The Morgan fingerprint density at radius 3 is 2.83 bits per heavy atom. The highest BCUT2D eigenvalue weighted by molar-refractivity contribution is 5.94. The van der Waals surface area contributed by atoms with E-state index in [1.165, 1.54) is 19.2 Å². The summed E-state index contributed by atoms with van der Waals surface area (Å²) in [6.07, 6.45) is 1.53. The van der Waals surface area contributed by atoms with Crippen LogP contribution in [0.1, 0.15) is 30.1 Å². The summed E-state index contributed by atoms with van der Waals surface area (Å²) in [6, 6.07) is 4.21. The first-order chi connectivity index (χ1) is 8.58. The molecule has 18 heavy (non-hydrogen) atoms. The molecule has 0 fully saturated rings. The van der Waals surface area contributed by atoms with Crippen LogP contribution >= 0.6 is 0 Å². The van der Waals surface area contributed by atoms with E-state index in [2.05, 4.69) is 5.32 Å². The second kappa shape index (κ2) is 6.96. The van der Waals surface area contributed by atoms with Gasteiger partial charge in [0, 0.05) is 18.7 Å². The third-order valence-electron chi connectivity index (χ3n) is 2.75. The van der Waals surface area contributed by atoms with Gasteiger partial charge in [-0.3, -0.25) is 4.79 Å². The SMILES string of the molecule is CCC(N)CCNC(=O)c1ccc(OC)cc1F. The molecule has 1 aromatic carbocycles. The van der Waals surface area contributed by atoms with Crippen molar-refractivity contribution in [2.75, 3.05) is 13.7 Å². The number of carbonyl (C=O) groups excluding carboxylic acids is 1. The standard InChI is InChI=1S/C13H19FN2O2/c1-3-9(15)6-7-16-13(17)11-5-4-10(18-2)8-12(11)14/h4-5,8-9H,3,6-7,15H2,1-2H3,(H,16,17). The van der Waals surface area contributed by atoms with Crippen LogP contribution in [0.4, 0.5) is 4.39 Å². The average molecular weight is 254 g/mol. The third kappa shape index (κ3) is 4.00. The maximum Gasteiger partial charge on any atom is 0.254 e. The van der Waals surface area contributed by atoms with Crippen LogP contribution in [0, 0.1) is 5.82 Å². The number of methoxy groups -OCH3 is 1. The molecule has 0 heterocycles. The van der Waals surface area contributed by atoms with E-state index in [1.54, 1.807) is 6.07 Å². The molecule has 5 heteroatoms. The molecule has 4 nitrogen and oxygen atoms in total. The molecule has 0 aliphatic rings. The van der Waals surface area contributed by atoms with E-state index >= 15 is 0 Å². The van der Waals surface area contributed by atoms with Gasteiger partial charge >= 0.3 is 0 Å². The van der Waals surface area contributed by atoms with Gasteiger partial charge in [-0.1, -0.05) is 6.92 Å². The molecular weight excluding hydrogens is 235 g/mol. The maximum absolute atomic E-state index is 13.6. The number of nitrogens with two attached hydrogens (primary N) is 1. The number of halogens is 1. The maximum atomic E-state index is 13.6. The van der Waals surface area contributed by atoms with Crippen LogP contribution < -0.4 is 15.8 Å². The Hall–Kier alpha value is -1.62. The number of carbonyl (C=O) groups is 1. The average Bonchev–Trinajstić information content (AvgIpc) is 2.37. The highest BCUT2D eigenvalue weighted by Gasteiger charge is 2.12. The summed E-state index contributed by atoms with van der Waals surface area (Å²) in [5.41, 5.74) is 5.74. The van der Waals surface area contributed by atoms with Crippen LogP contribution in [0.5, 0.6) is 5.75 Å². The summed E-state index contributed by atoms with van der Waals surface area (Å²) < 4.78 is 18.4. The van der Waals surface area contributed by atoms with Gasteiger partial charge in [-0.25, -0.2) is 4.39 Å². The quantitative estimate of drug-likeness (QED) is 0.812. The molecule has 0 aliphatic carbocycles. The van der Waals surface area contributed by atoms with Crippen LogP contribution in [0.15, 0.2) is 18.2 Å². The monoisotopic (exact) mass is 254 g/mol. The van der Waals surface area contributed by atoms with Crippen LogP contribution in [-0.2, 0) is 0 Å². The summed E-state index contributed by atoms with van der Waals surface area (Å²) in [5, 5.41) is 2.64. The zero-order valence-electron chi connectivity index (χ0n) is 10.7. The van der Waals surface area contributed by atoms with E-state index in [0.717, 1.165) is 6.42 Å². The molecule has 0 bridgehead atoms. The van der Waals surface area contributed by atoms with Gasteiger partial charge in [-0.15, -0.1) is 0 Å². The number of amides is 1. The Labute approximate surface area is 106 Å². The molecule has 0 radical (unpaired) electrons. The first-order valence-corrected chi connectivity index (χ1v) is 5.95. The number of hydrogen-bond donors (Lipinski definition) is 2. The van der Waals surface area contributed by atoms with Crippen molar-refractivity contribution in [3.05, 3.63) is 29.6 Å². The molecule has 0 aliphatic heterocycles. The van der Waals surface area contributed by atoms with Crippen LogP contribution in [0.2, 0.25) is 0 Å². The lowest BCUT2D eigenvalue weighted by molar-refractivity contribution is 0.0948. The number of rotatable bonds is 6. The number of hydrogen-bond acceptors (Lipinski definition) is 3. The van der Waals surface area contributed by atoms with Crippen LogP contribution in [-0.4, -0.2) is 25.6 Å². The lowest BCUT2D eigenvalue weighted by Gasteiger charge is -2.10. The van der Waals surface area contributed by atoms with E-state index in [9.17, 15) is 9.18 Å². The third-order valence-corrected chi connectivity index (χ3v) is 2.75. The van der Waals surface area contributed by atoms with Crippen molar-refractivity contribution in [1.82, 2.24) is 5.32 Å². The van der Waals surface area contributed by atoms with Crippen molar-refractivity contribution in [3.63, 3.8) is 0 Å². The molecule has 1 rings (SSSR count). The summed E-state index contributed by atoms with van der Waals surface area (Å²) >= 11 is 0. The minimum absolute atomic E-state index is 0.0147. The second-order valence-corrected chi connectivity index (χ2v) is 4.06. The summed E-state index contributed by atoms with van der Waals surface area (Å²) in [7, 11) is 1.45. The lowest BCUT2D eigenvalue weighted by atomic mass is 10.1. The Bertz CT molecular complexity index is 410. The highest BCUT2D eigenvalue weighted by atomic mass is 19.1. The van der Waals surface area contributed by atoms with Crippen molar-refractivity contribution >= 4 is 5.91 Å². The first kappa shape index (κ1) is 14.4. The first-order valence-electron chi connectivity index (χ1n) is 5.95. The molecule has 1 unspecified atom stereocenters. The van der Waals surface area contributed by atoms with Crippen molar-refractivity contribution in [2.24, 2.45) is 5.73 Å². The van der Waals surface area contributed by atoms with Gasteiger partial charge in [0.15, 0.2) is 0 Å². The second-order valence-electron chi connectivity index (χ2n) is 4.06. The van der Waals surface area contributed by atoms with Gasteiger partial charge in [0.05, 0.1) is 12.7 Å². The van der Waals surface area contributed by atoms with Gasteiger partial charge < -0.3 is 15.8 Å². The van der Waals surface area contributed by atoms with Gasteiger partial charge in [0.1, 0.15) is 11.6 Å². The van der Waals surface area contributed by atoms with E-state index in [0.29, 0.717) is 18.7 Å². The molecule has 1 amide bonds. The van der Waals surface area contributed by atoms with Crippen LogP contribution in [0.3, 0.4) is 0 Å². The summed E-state index contributed by atoms with van der Waals surface area (Å²) in [4.78, 5) is 11.7. The Kier molecular flexibility index (Phi) is 5.58. The van der Waals surface area contributed by atoms with Crippen molar-refractivity contribution in [1.29, 1.82) is 0 Å². The fraction of sp³-hybridized carbons (Fsp3) is 0.462. The molecular formula is C13H19FN2O2. The van der Waals surface area contributed by atoms with Gasteiger partial charge in [-0.2, -0.15) is 0 Å². The molecule has 0 aromatic heterocycles. The molecule has 0 saturated carbocycles. The predicted molar refractivity (Wildman–Crippen MR) is 68.2 cm³/mol. The van der Waals surface area contributed by atoms with Crippen molar-refractivity contribution in [2.45, 2.75) is 25.8 Å². The summed E-state index contributed by atoms with van der Waals surface area (Å²) in [6.45, 7) is 2.43. The lowest BCUT2D eigenvalue weighted by Crippen LogP contribution is -2.30. The largest absolute Gasteiger partial charge is 0.497 e. The number of nitrogens with one attached hydrogen (secondary N) is 1. The zero-order chi connectivity index (χ0) is 13.5.